The van der Waals surface area contributed by atoms with E-state index in [4.69, 9.17) is 4.42 Å². The molecular weight excluding hydrogens is 276 g/mol. The lowest BCUT2D eigenvalue weighted by molar-refractivity contribution is 0.0855. The highest BCUT2D eigenvalue weighted by molar-refractivity contribution is 6.13. The van der Waals surface area contributed by atoms with Gasteiger partial charge in [-0.25, -0.2) is 0 Å². The first-order valence-corrected chi connectivity index (χ1v) is 8.11. The normalized spacial score (nSPS) is 28.3. The molecule has 3 aliphatic carbocycles. The van der Waals surface area contributed by atoms with E-state index in [2.05, 4.69) is 19.1 Å². The highest BCUT2D eigenvalue weighted by Crippen LogP contribution is 2.51. The summed E-state index contributed by atoms with van der Waals surface area (Å²) in [6.45, 7) is 2.07. The molecule has 2 aromatic rings. The van der Waals surface area contributed by atoms with E-state index in [1.807, 2.05) is 0 Å². The summed E-state index contributed by atoms with van der Waals surface area (Å²) >= 11 is 0. The van der Waals surface area contributed by atoms with Crippen LogP contribution in [0.25, 0.3) is 0 Å². The van der Waals surface area contributed by atoms with Crippen LogP contribution in [0.5, 0.6) is 0 Å². The highest BCUT2D eigenvalue weighted by atomic mass is 16.3. The average molecular weight is 294 g/mol. The van der Waals surface area contributed by atoms with E-state index in [1.54, 1.807) is 6.26 Å². The van der Waals surface area contributed by atoms with Crippen LogP contribution in [-0.4, -0.2) is 17.0 Å². The fourth-order valence-electron chi connectivity index (χ4n) is 4.85. The van der Waals surface area contributed by atoms with E-state index >= 15 is 0 Å². The SMILES string of the molecule is C[C@@]12c3ccc4c(c3C(=O)c3occ(c31)CC[C@H]2O)CCC4. The predicted octanol–water partition coefficient (Wildman–Crippen LogP) is 2.93. The van der Waals surface area contributed by atoms with Gasteiger partial charge in [-0.05, 0) is 61.3 Å². The first-order valence-electron chi connectivity index (χ1n) is 8.11. The van der Waals surface area contributed by atoms with Gasteiger partial charge in [0.2, 0.25) is 5.78 Å². The van der Waals surface area contributed by atoms with Crippen molar-refractivity contribution in [1.29, 1.82) is 0 Å². The molecule has 0 amide bonds. The van der Waals surface area contributed by atoms with Gasteiger partial charge in [-0.15, -0.1) is 0 Å². The minimum absolute atomic E-state index is 0.0153. The predicted molar refractivity (Wildman–Crippen MR) is 81.4 cm³/mol. The van der Waals surface area contributed by atoms with Crippen LogP contribution >= 0.6 is 0 Å². The monoisotopic (exact) mass is 294 g/mol. The number of hydrogen-bond donors (Lipinski definition) is 1. The lowest BCUT2D eigenvalue weighted by atomic mass is 9.61. The number of aryl methyl sites for hydroxylation is 2. The minimum Gasteiger partial charge on any atom is -0.460 e. The molecule has 3 nitrogen and oxygen atoms in total. The Morgan fingerprint density at radius 1 is 1.23 bits per heavy atom. The van der Waals surface area contributed by atoms with Crippen LogP contribution in [0, 0.1) is 0 Å². The zero-order chi connectivity index (χ0) is 15.1. The molecule has 3 heteroatoms. The van der Waals surface area contributed by atoms with Crippen molar-refractivity contribution >= 4 is 5.78 Å². The molecule has 1 heterocycles. The summed E-state index contributed by atoms with van der Waals surface area (Å²) in [5.74, 6) is 0.477. The third-order valence-electron chi connectivity index (χ3n) is 6.02. The van der Waals surface area contributed by atoms with Crippen LogP contribution in [0.4, 0.5) is 0 Å². The molecule has 0 unspecified atom stereocenters. The molecule has 3 aliphatic rings. The number of furan rings is 1. The second kappa shape index (κ2) is 3.90. The molecule has 0 saturated heterocycles. The molecule has 1 aromatic carbocycles. The molecule has 0 bridgehead atoms. The summed E-state index contributed by atoms with van der Waals surface area (Å²) in [6.07, 6.45) is 5.86. The van der Waals surface area contributed by atoms with E-state index < -0.39 is 11.5 Å². The Bertz CT molecular complexity index is 829. The number of carbonyl (C=O) groups is 1. The van der Waals surface area contributed by atoms with Crippen molar-refractivity contribution in [3.8, 4) is 0 Å². The smallest absolute Gasteiger partial charge is 0.229 e. The fourth-order valence-corrected chi connectivity index (χ4v) is 4.85. The Hall–Kier alpha value is -1.87. The third-order valence-corrected chi connectivity index (χ3v) is 6.02. The van der Waals surface area contributed by atoms with Gasteiger partial charge in [0.05, 0.1) is 12.4 Å². The van der Waals surface area contributed by atoms with Crippen molar-refractivity contribution in [3.05, 3.63) is 57.5 Å². The van der Waals surface area contributed by atoms with Gasteiger partial charge in [0.1, 0.15) is 0 Å². The summed E-state index contributed by atoms with van der Waals surface area (Å²) in [5.41, 5.74) is 5.79. The molecule has 5 rings (SSSR count). The first kappa shape index (κ1) is 12.7. The molecule has 22 heavy (non-hydrogen) atoms. The van der Waals surface area contributed by atoms with E-state index in [1.165, 1.54) is 11.1 Å². The molecular formula is C19H18O3. The van der Waals surface area contributed by atoms with Gasteiger partial charge in [-0.3, -0.25) is 4.79 Å². The summed E-state index contributed by atoms with van der Waals surface area (Å²) in [6, 6.07) is 4.23. The fraction of sp³-hybridized carbons (Fsp3) is 0.421. The van der Waals surface area contributed by atoms with E-state index in [0.717, 1.165) is 47.9 Å². The standard InChI is InChI=1S/C19H18O3/c1-19-13-7-5-10-3-2-4-12(10)15(13)17(21)18-16(19)11(9-22-18)6-8-14(19)20/h5,7,9,14,20H,2-4,6,8H2,1H3/t14-,19+/m1/s1. The summed E-state index contributed by atoms with van der Waals surface area (Å²) in [7, 11) is 0. The first-order chi connectivity index (χ1) is 10.6. The van der Waals surface area contributed by atoms with Gasteiger partial charge >= 0.3 is 0 Å². The van der Waals surface area contributed by atoms with Crippen LogP contribution in [0.15, 0.2) is 22.8 Å². The van der Waals surface area contributed by atoms with Crippen molar-refractivity contribution in [2.75, 3.05) is 0 Å². The zero-order valence-corrected chi connectivity index (χ0v) is 12.6. The second-order valence-electron chi connectivity index (χ2n) is 7.03. The third kappa shape index (κ3) is 1.25. The summed E-state index contributed by atoms with van der Waals surface area (Å²) in [5, 5.41) is 10.8. The molecule has 1 aromatic heterocycles. The maximum Gasteiger partial charge on any atom is 0.229 e. The van der Waals surface area contributed by atoms with Crippen LogP contribution in [-0.2, 0) is 24.7 Å². The number of aliphatic hydroxyl groups excluding tert-OH is 1. The van der Waals surface area contributed by atoms with E-state index in [9.17, 15) is 9.90 Å². The molecule has 0 fully saturated rings. The van der Waals surface area contributed by atoms with Crippen LogP contribution in [0.1, 0.15) is 63.7 Å². The largest absolute Gasteiger partial charge is 0.460 e. The Balaban J connectivity index is 1.90. The summed E-state index contributed by atoms with van der Waals surface area (Å²) < 4.78 is 5.67. The van der Waals surface area contributed by atoms with Gasteiger partial charge in [0, 0.05) is 16.5 Å². The number of benzene rings is 1. The molecule has 2 atom stereocenters. The van der Waals surface area contributed by atoms with Crippen molar-refractivity contribution in [2.24, 2.45) is 0 Å². The van der Waals surface area contributed by atoms with Crippen LogP contribution in [0.3, 0.4) is 0 Å². The number of aliphatic hydroxyl groups is 1. The van der Waals surface area contributed by atoms with Crippen LogP contribution in [0.2, 0.25) is 0 Å². The Morgan fingerprint density at radius 2 is 2.09 bits per heavy atom. The molecule has 0 saturated carbocycles. The number of hydrogen-bond acceptors (Lipinski definition) is 3. The Labute approximate surface area is 129 Å². The molecule has 0 aliphatic heterocycles. The van der Waals surface area contributed by atoms with Crippen molar-refractivity contribution in [3.63, 3.8) is 0 Å². The number of rotatable bonds is 0. The van der Waals surface area contributed by atoms with Gasteiger partial charge in [0.25, 0.3) is 0 Å². The van der Waals surface area contributed by atoms with Gasteiger partial charge < -0.3 is 9.52 Å². The topological polar surface area (TPSA) is 50.4 Å². The molecule has 0 radical (unpaired) electrons. The van der Waals surface area contributed by atoms with E-state index in [0.29, 0.717) is 12.2 Å². The zero-order valence-electron chi connectivity index (χ0n) is 12.6. The summed E-state index contributed by atoms with van der Waals surface area (Å²) in [4.78, 5) is 13.0. The van der Waals surface area contributed by atoms with Crippen molar-refractivity contribution in [1.82, 2.24) is 0 Å². The number of fused-ring (bicyclic) bond motifs is 4. The number of ketones is 1. The van der Waals surface area contributed by atoms with E-state index in [-0.39, 0.29) is 5.78 Å². The molecule has 0 spiro atoms. The maximum atomic E-state index is 13.0. The van der Waals surface area contributed by atoms with Gasteiger partial charge in [-0.2, -0.15) is 0 Å². The average Bonchev–Trinajstić information content (AvgIpc) is 3.15. The van der Waals surface area contributed by atoms with Gasteiger partial charge in [0.15, 0.2) is 5.76 Å². The lowest BCUT2D eigenvalue weighted by Crippen LogP contribution is -2.46. The Kier molecular flexibility index (Phi) is 2.25. The second-order valence-corrected chi connectivity index (χ2v) is 7.03. The van der Waals surface area contributed by atoms with Crippen molar-refractivity contribution < 1.29 is 14.3 Å². The lowest BCUT2D eigenvalue weighted by Gasteiger charge is -2.42. The number of carbonyl (C=O) groups excluding carboxylic acids is 1. The Morgan fingerprint density at radius 3 is 2.95 bits per heavy atom. The molecule has 112 valence electrons. The maximum absolute atomic E-state index is 13.0. The van der Waals surface area contributed by atoms with Gasteiger partial charge in [-0.1, -0.05) is 12.1 Å². The van der Waals surface area contributed by atoms with Crippen LogP contribution < -0.4 is 0 Å². The quantitative estimate of drug-likeness (QED) is 0.812. The minimum atomic E-state index is -0.517. The van der Waals surface area contributed by atoms with Crippen molar-refractivity contribution in [2.45, 2.75) is 50.5 Å². The highest BCUT2D eigenvalue weighted by Gasteiger charge is 2.51. The molecule has 1 N–H and O–H groups in total.